The highest BCUT2D eigenvalue weighted by molar-refractivity contribution is 9.10. The van der Waals surface area contributed by atoms with E-state index in [1.54, 1.807) is 41.3 Å². The third-order valence-electron chi connectivity index (χ3n) is 5.29. The van der Waals surface area contributed by atoms with E-state index in [0.29, 0.717) is 27.0 Å². The molecule has 0 unspecified atom stereocenters. The molecule has 0 saturated heterocycles. The number of fused-ring (bicyclic) bond motifs is 1. The fraction of sp³-hybridized carbons (Fsp3) is 0.182. The molecule has 4 rings (SSSR count). The molecule has 0 radical (unpaired) electrons. The first-order chi connectivity index (χ1) is 16.3. The van der Waals surface area contributed by atoms with E-state index in [2.05, 4.69) is 20.9 Å². The standard InChI is InChI=1S/C22H17BrF3N3O5S/c1-11-19(21(30)31)29(12(2)27-11)10-13-7-8-17-15(9-13)18(23)20(34-17)14-5-3-4-6-16(14)28-35(32,33)22(24,25)26/h3-9,28H,10H2,1-2H3,(H,30,31). The first kappa shape index (κ1) is 24.8. The van der Waals surface area contributed by atoms with Crippen LogP contribution in [0.15, 0.2) is 51.4 Å². The van der Waals surface area contributed by atoms with Crippen LogP contribution in [-0.2, 0) is 16.6 Å². The molecule has 2 N–H and O–H groups in total. The maximum Gasteiger partial charge on any atom is 0.516 e. The molecule has 35 heavy (non-hydrogen) atoms. The second-order valence-electron chi connectivity index (χ2n) is 7.66. The summed E-state index contributed by atoms with van der Waals surface area (Å²) in [7, 11) is -5.64. The number of carbonyl (C=O) groups is 1. The van der Waals surface area contributed by atoms with Crippen LogP contribution in [0.25, 0.3) is 22.3 Å². The van der Waals surface area contributed by atoms with Crippen LogP contribution >= 0.6 is 15.9 Å². The van der Waals surface area contributed by atoms with Gasteiger partial charge in [0.05, 0.1) is 15.9 Å². The first-order valence-corrected chi connectivity index (χ1v) is 12.2. The minimum absolute atomic E-state index is 0.0698. The van der Waals surface area contributed by atoms with Gasteiger partial charge in [-0.05, 0) is 59.6 Å². The molecule has 13 heteroatoms. The summed E-state index contributed by atoms with van der Waals surface area (Å²) in [6.07, 6.45) is 0. The number of aromatic nitrogens is 2. The van der Waals surface area contributed by atoms with E-state index in [9.17, 15) is 31.5 Å². The number of imidazole rings is 1. The van der Waals surface area contributed by atoms with Gasteiger partial charge in [-0.25, -0.2) is 9.78 Å². The van der Waals surface area contributed by atoms with E-state index in [4.69, 9.17) is 4.42 Å². The molecular weight excluding hydrogens is 555 g/mol. The summed E-state index contributed by atoms with van der Waals surface area (Å²) < 4.78 is 71.4. The lowest BCUT2D eigenvalue weighted by atomic mass is 10.1. The highest BCUT2D eigenvalue weighted by atomic mass is 79.9. The van der Waals surface area contributed by atoms with Crippen molar-refractivity contribution in [2.75, 3.05) is 4.72 Å². The highest BCUT2D eigenvalue weighted by Crippen LogP contribution is 2.41. The van der Waals surface area contributed by atoms with Gasteiger partial charge in [-0.3, -0.25) is 4.72 Å². The van der Waals surface area contributed by atoms with Gasteiger partial charge in [-0.2, -0.15) is 21.6 Å². The maximum absolute atomic E-state index is 12.9. The number of halogens is 4. The third-order valence-corrected chi connectivity index (χ3v) is 7.17. The predicted molar refractivity (Wildman–Crippen MR) is 126 cm³/mol. The van der Waals surface area contributed by atoms with Gasteiger partial charge >= 0.3 is 21.5 Å². The Morgan fingerprint density at radius 1 is 1.20 bits per heavy atom. The summed E-state index contributed by atoms with van der Waals surface area (Å²) >= 11 is 3.41. The number of hydrogen-bond acceptors (Lipinski definition) is 5. The quantitative estimate of drug-likeness (QED) is 0.307. The number of nitrogens with one attached hydrogen (secondary N) is 1. The number of carboxylic acid groups (broad SMARTS) is 1. The molecule has 184 valence electrons. The zero-order valence-corrected chi connectivity index (χ0v) is 20.5. The fourth-order valence-electron chi connectivity index (χ4n) is 3.72. The summed E-state index contributed by atoms with van der Waals surface area (Å²) in [6, 6.07) is 10.7. The van der Waals surface area contributed by atoms with E-state index in [1.165, 1.54) is 24.3 Å². The van der Waals surface area contributed by atoms with Crippen molar-refractivity contribution >= 4 is 48.6 Å². The normalized spacial score (nSPS) is 12.3. The van der Waals surface area contributed by atoms with Gasteiger partial charge in [-0.15, -0.1) is 0 Å². The number of aryl methyl sites for hydroxylation is 2. The van der Waals surface area contributed by atoms with Crippen LogP contribution in [0.3, 0.4) is 0 Å². The Bertz CT molecular complexity index is 1580. The maximum atomic E-state index is 12.9. The SMILES string of the molecule is Cc1nc(C)n(Cc2ccc3oc(-c4ccccc4NS(=O)(=O)C(F)(F)F)c(Br)c3c2)c1C(=O)O. The summed E-state index contributed by atoms with van der Waals surface area (Å²) in [6.45, 7) is 3.52. The zero-order valence-electron chi connectivity index (χ0n) is 18.1. The molecule has 0 aliphatic heterocycles. The smallest absolute Gasteiger partial charge is 0.477 e. The Labute approximate surface area is 205 Å². The molecule has 2 aromatic carbocycles. The topological polar surface area (TPSA) is 114 Å². The van der Waals surface area contributed by atoms with Crippen LogP contribution < -0.4 is 4.72 Å². The highest BCUT2D eigenvalue weighted by Gasteiger charge is 2.46. The van der Waals surface area contributed by atoms with E-state index in [-0.39, 0.29) is 29.2 Å². The minimum Gasteiger partial charge on any atom is -0.477 e. The number of carboxylic acids is 1. The first-order valence-electron chi connectivity index (χ1n) is 9.96. The van der Waals surface area contributed by atoms with Crippen LogP contribution in [0.2, 0.25) is 0 Å². The van der Waals surface area contributed by atoms with Crippen LogP contribution in [0.4, 0.5) is 18.9 Å². The number of benzene rings is 2. The summed E-state index contributed by atoms with van der Waals surface area (Å²) in [4.78, 5) is 15.9. The van der Waals surface area contributed by atoms with E-state index >= 15 is 0 Å². The van der Waals surface area contributed by atoms with Crippen molar-refractivity contribution < 1.29 is 35.9 Å². The minimum atomic E-state index is -5.64. The van der Waals surface area contributed by atoms with Crippen molar-refractivity contribution in [3.8, 4) is 11.3 Å². The zero-order chi connectivity index (χ0) is 25.7. The lowest BCUT2D eigenvalue weighted by Crippen LogP contribution is -2.30. The molecule has 0 fully saturated rings. The molecule has 0 aliphatic rings. The molecule has 8 nitrogen and oxygen atoms in total. The van der Waals surface area contributed by atoms with E-state index < -0.39 is 21.5 Å². The summed E-state index contributed by atoms with van der Waals surface area (Å²) in [5, 5.41) is 10.1. The summed E-state index contributed by atoms with van der Waals surface area (Å²) in [5.74, 6) is -0.454. The number of aromatic carboxylic acids is 1. The molecule has 0 spiro atoms. The monoisotopic (exact) mass is 571 g/mol. The van der Waals surface area contributed by atoms with Crippen molar-refractivity contribution in [1.29, 1.82) is 0 Å². The Hall–Kier alpha value is -3.32. The molecule has 0 atom stereocenters. The molecule has 0 amide bonds. The van der Waals surface area contributed by atoms with Crippen molar-refractivity contribution in [3.05, 3.63) is 69.7 Å². The van der Waals surface area contributed by atoms with Crippen molar-refractivity contribution in [2.45, 2.75) is 25.9 Å². The van der Waals surface area contributed by atoms with Crippen molar-refractivity contribution in [1.82, 2.24) is 9.55 Å². The fourth-order valence-corrected chi connectivity index (χ4v) is 4.91. The molecule has 0 bridgehead atoms. The Morgan fingerprint density at radius 3 is 2.54 bits per heavy atom. The largest absolute Gasteiger partial charge is 0.516 e. The number of hydrogen-bond donors (Lipinski definition) is 2. The average molecular weight is 572 g/mol. The van der Waals surface area contributed by atoms with Gasteiger partial charge in [-0.1, -0.05) is 18.2 Å². The van der Waals surface area contributed by atoms with Crippen molar-refractivity contribution in [3.63, 3.8) is 0 Å². The number of alkyl halides is 3. The van der Waals surface area contributed by atoms with Gasteiger partial charge in [0, 0.05) is 17.5 Å². The molecule has 4 aromatic rings. The number of anilines is 1. The molecule has 0 saturated carbocycles. The van der Waals surface area contributed by atoms with E-state index in [0.717, 1.165) is 5.56 Å². The Kier molecular flexibility index (Phi) is 6.18. The lowest BCUT2D eigenvalue weighted by Gasteiger charge is -2.13. The van der Waals surface area contributed by atoms with Gasteiger partial charge in [0.25, 0.3) is 0 Å². The van der Waals surface area contributed by atoms with Gasteiger partial charge in [0.2, 0.25) is 0 Å². The van der Waals surface area contributed by atoms with Crippen LogP contribution in [0.5, 0.6) is 0 Å². The van der Waals surface area contributed by atoms with Crippen molar-refractivity contribution in [2.24, 2.45) is 0 Å². The molecular formula is C22H17BrF3N3O5S. The van der Waals surface area contributed by atoms with Gasteiger partial charge in [0.1, 0.15) is 11.4 Å². The lowest BCUT2D eigenvalue weighted by molar-refractivity contribution is -0.0429. The molecule has 0 aliphatic carbocycles. The predicted octanol–water partition coefficient (Wildman–Crippen LogP) is 5.68. The third kappa shape index (κ3) is 4.52. The van der Waals surface area contributed by atoms with Crippen LogP contribution in [0.1, 0.15) is 27.6 Å². The molecule has 2 heterocycles. The second-order valence-corrected chi connectivity index (χ2v) is 10.1. The number of para-hydroxylation sites is 1. The number of nitrogens with zero attached hydrogens (tertiary/aromatic N) is 2. The van der Waals surface area contributed by atoms with Gasteiger partial charge in [0.15, 0.2) is 11.5 Å². The number of sulfonamides is 1. The summed E-state index contributed by atoms with van der Waals surface area (Å²) in [5.41, 5.74) is -4.12. The number of rotatable bonds is 6. The molecule has 2 aromatic heterocycles. The van der Waals surface area contributed by atoms with Crippen LogP contribution in [-0.4, -0.2) is 34.6 Å². The van der Waals surface area contributed by atoms with Gasteiger partial charge < -0.3 is 14.1 Å². The average Bonchev–Trinajstić information content (AvgIpc) is 3.23. The Morgan fingerprint density at radius 2 is 1.89 bits per heavy atom. The second kappa shape index (κ2) is 8.72. The van der Waals surface area contributed by atoms with Crippen LogP contribution in [0, 0.1) is 13.8 Å². The number of furan rings is 1. The van der Waals surface area contributed by atoms with E-state index in [1.807, 2.05) is 0 Å². The Balaban J connectivity index is 1.77.